The summed E-state index contributed by atoms with van der Waals surface area (Å²) in [7, 11) is 1.39. The van der Waals surface area contributed by atoms with Gasteiger partial charge >= 0.3 is 5.97 Å². The molecule has 0 fully saturated rings. The zero-order chi connectivity index (χ0) is 12.8. The molecule has 1 N–H and O–H groups in total. The molecule has 1 rings (SSSR count). The Bertz CT molecular complexity index is 392. The fraction of sp³-hybridized carbons (Fsp3) is 0.357. The molecule has 0 saturated heterocycles. The van der Waals surface area contributed by atoms with E-state index in [9.17, 15) is 9.90 Å². The monoisotopic (exact) mass is 234 g/mol. The number of carbonyl (C=O) groups excluding carboxylic acids is 1. The molecule has 1 aromatic carbocycles. The highest BCUT2D eigenvalue weighted by Crippen LogP contribution is 2.28. The summed E-state index contributed by atoms with van der Waals surface area (Å²) in [5.41, 5.74) is 0.985. The standard InChI is InChI=1S/C14H18O3/c1-4-5-13(10(2)14(16)17-3)11-6-8-12(15)9-7-11/h4-10,13,15H,1-3H3/b5-4-. The van der Waals surface area contributed by atoms with E-state index in [4.69, 9.17) is 4.74 Å². The van der Waals surface area contributed by atoms with Crippen LogP contribution in [0.5, 0.6) is 5.75 Å². The van der Waals surface area contributed by atoms with Gasteiger partial charge in [-0.2, -0.15) is 0 Å². The fourth-order valence-electron chi connectivity index (χ4n) is 1.80. The third-order valence-electron chi connectivity index (χ3n) is 2.79. The molecule has 1 aromatic rings. The summed E-state index contributed by atoms with van der Waals surface area (Å²) in [5, 5.41) is 9.25. The van der Waals surface area contributed by atoms with Crippen LogP contribution in [0.15, 0.2) is 36.4 Å². The highest BCUT2D eigenvalue weighted by Gasteiger charge is 2.23. The quantitative estimate of drug-likeness (QED) is 0.643. The Hall–Kier alpha value is -1.77. The van der Waals surface area contributed by atoms with Crippen molar-refractivity contribution in [3.05, 3.63) is 42.0 Å². The Balaban J connectivity index is 3.00. The van der Waals surface area contributed by atoms with E-state index in [1.54, 1.807) is 12.1 Å². The molecular formula is C14H18O3. The number of aromatic hydroxyl groups is 1. The first-order valence-electron chi connectivity index (χ1n) is 5.59. The van der Waals surface area contributed by atoms with Crippen LogP contribution in [0.4, 0.5) is 0 Å². The fourth-order valence-corrected chi connectivity index (χ4v) is 1.80. The largest absolute Gasteiger partial charge is 0.508 e. The van der Waals surface area contributed by atoms with Gasteiger partial charge in [0.25, 0.3) is 0 Å². The Morgan fingerprint density at radius 3 is 2.41 bits per heavy atom. The number of carbonyl (C=O) groups is 1. The van der Waals surface area contributed by atoms with Gasteiger partial charge in [0.15, 0.2) is 0 Å². The van der Waals surface area contributed by atoms with Crippen LogP contribution in [-0.2, 0) is 9.53 Å². The molecule has 3 heteroatoms. The molecule has 0 aliphatic rings. The molecule has 0 heterocycles. The number of phenolic OH excluding ortho intramolecular Hbond substituents is 1. The van der Waals surface area contributed by atoms with Crippen LogP contribution in [0.3, 0.4) is 0 Å². The molecular weight excluding hydrogens is 216 g/mol. The van der Waals surface area contributed by atoms with E-state index in [0.29, 0.717) is 0 Å². The summed E-state index contributed by atoms with van der Waals surface area (Å²) in [6.45, 7) is 3.75. The summed E-state index contributed by atoms with van der Waals surface area (Å²) in [4.78, 5) is 11.6. The van der Waals surface area contributed by atoms with Gasteiger partial charge in [-0.15, -0.1) is 0 Å². The van der Waals surface area contributed by atoms with E-state index in [1.165, 1.54) is 7.11 Å². The highest BCUT2D eigenvalue weighted by molar-refractivity contribution is 5.73. The molecule has 0 spiro atoms. The number of esters is 1. The van der Waals surface area contributed by atoms with Crippen LogP contribution in [0.2, 0.25) is 0 Å². The van der Waals surface area contributed by atoms with Crippen molar-refractivity contribution in [2.45, 2.75) is 19.8 Å². The SMILES string of the molecule is C/C=C\C(c1ccc(O)cc1)C(C)C(=O)OC. The molecule has 0 amide bonds. The normalized spacial score (nSPS) is 14.5. The maximum absolute atomic E-state index is 11.6. The lowest BCUT2D eigenvalue weighted by Gasteiger charge is -2.19. The van der Waals surface area contributed by atoms with Crippen LogP contribution in [0.1, 0.15) is 25.3 Å². The Labute approximate surface area is 102 Å². The number of benzene rings is 1. The second-order valence-corrected chi connectivity index (χ2v) is 3.95. The minimum atomic E-state index is -0.249. The number of rotatable bonds is 4. The predicted molar refractivity (Wildman–Crippen MR) is 66.8 cm³/mol. The van der Waals surface area contributed by atoms with Crippen LogP contribution < -0.4 is 0 Å². The van der Waals surface area contributed by atoms with E-state index in [-0.39, 0.29) is 23.6 Å². The average Bonchev–Trinajstić information content (AvgIpc) is 2.35. The number of phenols is 1. The zero-order valence-electron chi connectivity index (χ0n) is 10.4. The second kappa shape index (κ2) is 6.09. The third-order valence-corrected chi connectivity index (χ3v) is 2.79. The van der Waals surface area contributed by atoms with Crippen molar-refractivity contribution in [3.8, 4) is 5.75 Å². The van der Waals surface area contributed by atoms with Crippen molar-refractivity contribution in [3.63, 3.8) is 0 Å². The molecule has 2 atom stereocenters. The molecule has 3 nitrogen and oxygen atoms in total. The summed E-state index contributed by atoms with van der Waals surface area (Å²) in [6, 6.07) is 6.88. The van der Waals surface area contributed by atoms with Gasteiger partial charge in [-0.3, -0.25) is 4.79 Å². The first-order valence-corrected chi connectivity index (χ1v) is 5.59. The molecule has 2 unspecified atom stereocenters. The van der Waals surface area contributed by atoms with Gasteiger partial charge in [0.2, 0.25) is 0 Å². The zero-order valence-corrected chi connectivity index (χ0v) is 10.4. The lowest BCUT2D eigenvalue weighted by molar-refractivity contribution is -0.145. The minimum absolute atomic E-state index is 0.0342. The molecule has 0 aliphatic carbocycles. The van der Waals surface area contributed by atoms with Gasteiger partial charge in [0.05, 0.1) is 13.0 Å². The third kappa shape index (κ3) is 3.34. The minimum Gasteiger partial charge on any atom is -0.508 e. The van der Waals surface area contributed by atoms with Gasteiger partial charge in [-0.05, 0) is 24.6 Å². The van der Waals surface area contributed by atoms with Crippen molar-refractivity contribution in [2.75, 3.05) is 7.11 Å². The molecule has 92 valence electrons. The van der Waals surface area contributed by atoms with E-state index >= 15 is 0 Å². The first kappa shape index (κ1) is 13.3. The van der Waals surface area contributed by atoms with Crippen molar-refractivity contribution >= 4 is 5.97 Å². The van der Waals surface area contributed by atoms with Gasteiger partial charge in [0, 0.05) is 5.92 Å². The summed E-state index contributed by atoms with van der Waals surface area (Å²) < 4.78 is 4.76. The van der Waals surface area contributed by atoms with Crippen molar-refractivity contribution in [1.29, 1.82) is 0 Å². The van der Waals surface area contributed by atoms with Gasteiger partial charge in [-0.1, -0.05) is 31.2 Å². The van der Waals surface area contributed by atoms with E-state index in [1.807, 2.05) is 38.1 Å². The molecule has 0 bridgehead atoms. The van der Waals surface area contributed by atoms with Gasteiger partial charge in [0.1, 0.15) is 5.75 Å². The summed E-state index contributed by atoms with van der Waals surface area (Å²) >= 11 is 0. The topological polar surface area (TPSA) is 46.5 Å². The maximum Gasteiger partial charge on any atom is 0.309 e. The molecule has 0 saturated carbocycles. The second-order valence-electron chi connectivity index (χ2n) is 3.95. The molecule has 0 aromatic heterocycles. The van der Waals surface area contributed by atoms with Crippen molar-refractivity contribution in [2.24, 2.45) is 5.92 Å². The van der Waals surface area contributed by atoms with Crippen LogP contribution in [0.25, 0.3) is 0 Å². The van der Waals surface area contributed by atoms with E-state index in [2.05, 4.69) is 0 Å². The maximum atomic E-state index is 11.6. The number of allylic oxidation sites excluding steroid dienone is 2. The Morgan fingerprint density at radius 1 is 1.35 bits per heavy atom. The number of hydrogen-bond acceptors (Lipinski definition) is 3. The van der Waals surface area contributed by atoms with Gasteiger partial charge in [-0.25, -0.2) is 0 Å². The average molecular weight is 234 g/mol. The smallest absolute Gasteiger partial charge is 0.309 e. The molecule has 0 radical (unpaired) electrons. The number of methoxy groups -OCH3 is 1. The number of ether oxygens (including phenoxy) is 1. The lowest BCUT2D eigenvalue weighted by atomic mass is 9.87. The Kier molecular flexibility index (Phi) is 4.76. The van der Waals surface area contributed by atoms with Crippen LogP contribution in [-0.4, -0.2) is 18.2 Å². The molecule has 17 heavy (non-hydrogen) atoms. The van der Waals surface area contributed by atoms with Crippen LogP contribution in [0, 0.1) is 5.92 Å². The number of hydrogen-bond donors (Lipinski definition) is 1. The highest BCUT2D eigenvalue weighted by atomic mass is 16.5. The van der Waals surface area contributed by atoms with Crippen LogP contribution >= 0.6 is 0 Å². The molecule has 0 aliphatic heterocycles. The van der Waals surface area contributed by atoms with E-state index < -0.39 is 0 Å². The predicted octanol–water partition coefficient (Wildman–Crippen LogP) is 2.86. The Morgan fingerprint density at radius 2 is 1.94 bits per heavy atom. The van der Waals surface area contributed by atoms with Crippen molar-refractivity contribution in [1.82, 2.24) is 0 Å². The summed E-state index contributed by atoms with van der Waals surface area (Å²) in [6.07, 6.45) is 3.88. The van der Waals surface area contributed by atoms with Crippen molar-refractivity contribution < 1.29 is 14.6 Å². The first-order chi connectivity index (χ1) is 8.10. The van der Waals surface area contributed by atoms with E-state index in [0.717, 1.165) is 5.56 Å². The van der Waals surface area contributed by atoms with Gasteiger partial charge < -0.3 is 9.84 Å². The lowest BCUT2D eigenvalue weighted by Crippen LogP contribution is -2.19. The summed E-state index contributed by atoms with van der Waals surface area (Å²) in [5.74, 6) is -0.298.